The minimum Gasteiger partial charge on any atom is -0.396 e. The number of likely N-dealkylation sites (N-methyl/N-ethyl adjacent to an activating group) is 1. The van der Waals surface area contributed by atoms with E-state index in [2.05, 4.69) is 80.7 Å². The molecule has 0 saturated carbocycles. The van der Waals surface area contributed by atoms with Gasteiger partial charge in [-0.25, -0.2) is 19.9 Å². The number of nitriles is 2. The van der Waals surface area contributed by atoms with E-state index in [1.54, 1.807) is 56.6 Å². The number of nitrogens with zero attached hydrogens (tertiary/aromatic N) is 7. The first kappa shape index (κ1) is 47.9. The standard InChI is InChI=1S/C28H33N5O.C24H24N4O2/c1-5-33(6-2)16-14-21-7-9-22(10-8-21)17-27-30-15-13-26(31-27)23-11-12-25(24(18-23)19-29)32-28(34)20(3)4;1-16(2)24(30)28-21-8-7-19(14-20(21)15-25)22-9-11-26-23(27-22)13-18-5-3-17(4-6-18)10-12-29/h7-13,15,18,20H,5-6,14,16-17H2,1-4H3,(H,32,34);3-9,11,14,16,29H,10,12-13H2,1-2H3,(H,28,30). The summed E-state index contributed by atoms with van der Waals surface area (Å²) in [5, 5.41) is 33.7. The average molecular weight is 856 g/mol. The summed E-state index contributed by atoms with van der Waals surface area (Å²) in [6, 6.07) is 35.3. The van der Waals surface area contributed by atoms with E-state index >= 15 is 0 Å². The molecule has 0 bridgehead atoms. The zero-order chi connectivity index (χ0) is 46.0. The molecule has 4 aromatic carbocycles. The molecule has 3 N–H and O–H groups in total. The van der Waals surface area contributed by atoms with Gasteiger partial charge < -0.3 is 20.6 Å². The first-order valence-corrected chi connectivity index (χ1v) is 21.8. The van der Waals surface area contributed by atoms with Gasteiger partial charge in [-0.1, -0.05) is 102 Å². The summed E-state index contributed by atoms with van der Waals surface area (Å²) >= 11 is 0. The minimum atomic E-state index is -0.168. The molecule has 0 spiro atoms. The summed E-state index contributed by atoms with van der Waals surface area (Å²) in [7, 11) is 0. The maximum Gasteiger partial charge on any atom is 0.226 e. The van der Waals surface area contributed by atoms with Crippen LogP contribution < -0.4 is 10.6 Å². The van der Waals surface area contributed by atoms with Crippen molar-refractivity contribution in [3.63, 3.8) is 0 Å². The highest BCUT2D eigenvalue weighted by Gasteiger charge is 2.14. The number of aliphatic hydroxyl groups is 1. The van der Waals surface area contributed by atoms with E-state index in [0.717, 1.165) is 71.1 Å². The predicted octanol–water partition coefficient (Wildman–Crippen LogP) is 8.82. The van der Waals surface area contributed by atoms with Gasteiger partial charge in [-0.15, -0.1) is 0 Å². The molecule has 6 rings (SSSR count). The van der Waals surface area contributed by atoms with Gasteiger partial charge in [-0.3, -0.25) is 9.59 Å². The second-order valence-electron chi connectivity index (χ2n) is 16.0. The smallest absolute Gasteiger partial charge is 0.226 e. The second-order valence-corrected chi connectivity index (χ2v) is 16.0. The maximum atomic E-state index is 12.0. The molecule has 0 aliphatic heterocycles. The summed E-state index contributed by atoms with van der Waals surface area (Å²) in [6.45, 7) is 15.0. The summed E-state index contributed by atoms with van der Waals surface area (Å²) in [6.07, 6.45) is 6.36. The molecular formula is C52H57N9O3. The summed E-state index contributed by atoms with van der Waals surface area (Å²) < 4.78 is 0. The molecule has 0 atom stereocenters. The molecule has 0 aliphatic rings. The molecule has 64 heavy (non-hydrogen) atoms. The van der Waals surface area contributed by atoms with Crippen molar-refractivity contribution in [1.29, 1.82) is 10.5 Å². The lowest BCUT2D eigenvalue weighted by molar-refractivity contribution is -0.119. The molecule has 328 valence electrons. The Bertz CT molecular complexity index is 2570. The number of hydrogen-bond acceptors (Lipinski definition) is 10. The molecule has 2 heterocycles. The van der Waals surface area contributed by atoms with Crippen LogP contribution in [0, 0.1) is 34.5 Å². The highest BCUT2D eigenvalue weighted by molar-refractivity contribution is 5.94. The largest absolute Gasteiger partial charge is 0.396 e. The van der Waals surface area contributed by atoms with E-state index in [4.69, 9.17) is 10.1 Å². The lowest BCUT2D eigenvalue weighted by atomic mass is 10.0. The predicted molar refractivity (Wildman–Crippen MR) is 252 cm³/mol. The Kier molecular flexibility index (Phi) is 17.9. The zero-order valence-electron chi connectivity index (χ0n) is 37.6. The molecular weight excluding hydrogens is 799 g/mol. The molecule has 0 saturated heterocycles. The quantitative estimate of drug-likeness (QED) is 0.0802. The van der Waals surface area contributed by atoms with Gasteiger partial charge in [0.1, 0.15) is 23.8 Å². The number of amides is 2. The molecule has 12 nitrogen and oxygen atoms in total. The Morgan fingerprint density at radius 3 is 1.39 bits per heavy atom. The van der Waals surface area contributed by atoms with Crippen molar-refractivity contribution >= 4 is 23.2 Å². The van der Waals surface area contributed by atoms with E-state index < -0.39 is 0 Å². The van der Waals surface area contributed by atoms with Crippen LogP contribution in [0.3, 0.4) is 0 Å². The molecule has 12 heteroatoms. The first-order chi connectivity index (χ1) is 30.9. The van der Waals surface area contributed by atoms with Crippen LogP contribution in [0.25, 0.3) is 22.5 Å². The van der Waals surface area contributed by atoms with Crippen LogP contribution in [0.5, 0.6) is 0 Å². The lowest BCUT2D eigenvalue weighted by Gasteiger charge is -2.17. The van der Waals surface area contributed by atoms with Crippen molar-refractivity contribution in [3.8, 4) is 34.7 Å². The van der Waals surface area contributed by atoms with Crippen LogP contribution in [-0.4, -0.2) is 68.0 Å². The number of aliphatic hydroxyl groups excluding tert-OH is 1. The van der Waals surface area contributed by atoms with Gasteiger partial charge in [0.15, 0.2) is 0 Å². The maximum absolute atomic E-state index is 12.0. The topological polar surface area (TPSA) is 181 Å². The molecule has 6 aromatic rings. The third-order valence-electron chi connectivity index (χ3n) is 10.6. The number of carbonyl (C=O) groups excluding carboxylic acids is 2. The van der Waals surface area contributed by atoms with E-state index in [9.17, 15) is 20.1 Å². The highest BCUT2D eigenvalue weighted by atomic mass is 16.3. The van der Waals surface area contributed by atoms with Crippen LogP contribution >= 0.6 is 0 Å². The molecule has 0 aliphatic carbocycles. The highest BCUT2D eigenvalue weighted by Crippen LogP contribution is 2.26. The van der Waals surface area contributed by atoms with Crippen LogP contribution in [0.15, 0.2) is 109 Å². The van der Waals surface area contributed by atoms with Gasteiger partial charge in [0.05, 0.1) is 33.9 Å². The van der Waals surface area contributed by atoms with Crippen molar-refractivity contribution in [2.45, 2.75) is 67.2 Å². The molecule has 0 fully saturated rings. The van der Waals surface area contributed by atoms with Gasteiger partial charge in [-0.05, 0) is 84.6 Å². The lowest BCUT2D eigenvalue weighted by Crippen LogP contribution is -2.25. The molecule has 2 amide bonds. The number of nitrogens with one attached hydrogen (secondary N) is 2. The number of aromatic nitrogens is 4. The van der Waals surface area contributed by atoms with Crippen LogP contribution in [0.1, 0.15) is 86.6 Å². The number of carbonyl (C=O) groups is 2. The Morgan fingerprint density at radius 1 is 0.609 bits per heavy atom. The fraction of sp³-hybridized carbons (Fsp3) is 0.308. The van der Waals surface area contributed by atoms with Gasteiger partial charge in [0, 0.05) is 61.3 Å². The van der Waals surface area contributed by atoms with Crippen molar-refractivity contribution in [3.05, 3.63) is 154 Å². The minimum absolute atomic E-state index is 0.118. The van der Waals surface area contributed by atoms with Crippen LogP contribution in [0.2, 0.25) is 0 Å². The number of anilines is 2. The number of rotatable bonds is 17. The first-order valence-electron chi connectivity index (χ1n) is 21.8. The third kappa shape index (κ3) is 13.9. The Balaban J connectivity index is 0.000000243. The van der Waals surface area contributed by atoms with Crippen molar-refractivity contribution in [2.75, 3.05) is 36.9 Å². The van der Waals surface area contributed by atoms with Gasteiger partial charge in [0.2, 0.25) is 11.8 Å². The molecule has 0 radical (unpaired) electrons. The van der Waals surface area contributed by atoms with Gasteiger partial charge >= 0.3 is 0 Å². The second kappa shape index (κ2) is 23.9. The molecule has 0 unspecified atom stereocenters. The van der Waals surface area contributed by atoms with Gasteiger partial charge in [-0.2, -0.15) is 10.5 Å². The van der Waals surface area contributed by atoms with Crippen molar-refractivity contribution < 1.29 is 14.7 Å². The average Bonchev–Trinajstić information content (AvgIpc) is 3.31. The van der Waals surface area contributed by atoms with E-state index in [1.165, 1.54) is 5.56 Å². The van der Waals surface area contributed by atoms with Gasteiger partial charge in [0.25, 0.3) is 0 Å². The summed E-state index contributed by atoms with van der Waals surface area (Å²) in [5.41, 5.74) is 9.54. The SMILES string of the molecule is CC(C)C(=O)Nc1ccc(-c2ccnc(Cc3ccc(CCO)cc3)n2)cc1C#N.CCN(CC)CCc1ccc(Cc2nccc(-c3ccc(NC(=O)C(C)C)c(C#N)c3)n2)cc1. The normalized spacial score (nSPS) is 10.8. The monoisotopic (exact) mass is 855 g/mol. The van der Waals surface area contributed by atoms with E-state index in [1.807, 2.05) is 56.3 Å². The zero-order valence-corrected chi connectivity index (χ0v) is 37.6. The fourth-order valence-corrected chi connectivity index (χ4v) is 6.62. The third-order valence-corrected chi connectivity index (χ3v) is 10.6. The summed E-state index contributed by atoms with van der Waals surface area (Å²) in [4.78, 5) is 44.6. The van der Waals surface area contributed by atoms with Crippen LogP contribution in [-0.2, 0) is 35.3 Å². The Labute approximate surface area is 377 Å². The van der Waals surface area contributed by atoms with E-state index in [-0.39, 0.29) is 30.3 Å². The van der Waals surface area contributed by atoms with Crippen molar-refractivity contribution in [2.24, 2.45) is 11.8 Å². The number of hydrogen-bond donors (Lipinski definition) is 3. The van der Waals surface area contributed by atoms with E-state index in [0.29, 0.717) is 47.6 Å². The Hall–Kier alpha value is -7.12. The number of benzene rings is 4. The Morgan fingerprint density at radius 2 is 1.02 bits per heavy atom. The van der Waals surface area contributed by atoms with Crippen LogP contribution in [0.4, 0.5) is 11.4 Å². The summed E-state index contributed by atoms with van der Waals surface area (Å²) in [5.74, 6) is 0.828. The van der Waals surface area contributed by atoms with Crippen molar-refractivity contribution in [1.82, 2.24) is 24.8 Å². The fourth-order valence-electron chi connectivity index (χ4n) is 6.62. The molecule has 2 aromatic heterocycles.